The zero-order valence-electron chi connectivity index (χ0n) is 11.7. The van der Waals surface area contributed by atoms with Gasteiger partial charge in [0.25, 0.3) is 5.91 Å². The van der Waals surface area contributed by atoms with Gasteiger partial charge in [-0.1, -0.05) is 23.7 Å². The maximum atomic E-state index is 11.8. The van der Waals surface area contributed by atoms with Crippen LogP contribution in [-0.2, 0) is 4.74 Å². The first kappa shape index (κ1) is 15.7. The summed E-state index contributed by atoms with van der Waals surface area (Å²) in [6.07, 6.45) is 1.48. The Morgan fingerprint density at radius 3 is 2.23 bits per heavy atom. The summed E-state index contributed by atoms with van der Waals surface area (Å²) >= 11 is 5.75. The highest BCUT2D eigenvalue weighted by molar-refractivity contribution is 6.30. The second kappa shape index (κ2) is 7.38. The summed E-state index contributed by atoms with van der Waals surface area (Å²) in [5, 5.41) is 4.42. The Kier molecular flexibility index (Phi) is 5.27. The summed E-state index contributed by atoms with van der Waals surface area (Å²) in [6.45, 7) is 0. The Labute approximate surface area is 132 Å². The molecule has 0 atom stereocenters. The SMILES string of the molecule is COC(=O)c1ccc(/C=N/NC(=O)c2ccc(Cl)cc2)cc1. The zero-order chi connectivity index (χ0) is 15.9. The van der Waals surface area contributed by atoms with Crippen molar-refractivity contribution in [2.45, 2.75) is 0 Å². The molecule has 0 heterocycles. The largest absolute Gasteiger partial charge is 0.465 e. The minimum Gasteiger partial charge on any atom is -0.465 e. The minimum atomic E-state index is -0.403. The lowest BCUT2D eigenvalue weighted by Crippen LogP contribution is -2.17. The van der Waals surface area contributed by atoms with E-state index < -0.39 is 5.97 Å². The summed E-state index contributed by atoms with van der Waals surface area (Å²) in [4.78, 5) is 23.1. The number of ether oxygens (including phenoxy) is 1. The molecule has 5 nitrogen and oxygen atoms in total. The lowest BCUT2D eigenvalue weighted by atomic mass is 10.1. The molecular formula is C16H13ClN2O3. The van der Waals surface area contributed by atoms with Gasteiger partial charge < -0.3 is 4.74 Å². The predicted octanol–water partition coefficient (Wildman–Crippen LogP) is 2.89. The zero-order valence-corrected chi connectivity index (χ0v) is 12.5. The smallest absolute Gasteiger partial charge is 0.337 e. The third-order valence-electron chi connectivity index (χ3n) is 2.82. The van der Waals surface area contributed by atoms with E-state index in [1.165, 1.54) is 13.3 Å². The highest BCUT2D eigenvalue weighted by Gasteiger charge is 2.04. The molecule has 2 aromatic rings. The first-order chi connectivity index (χ1) is 10.6. The number of amides is 1. The summed E-state index contributed by atoms with van der Waals surface area (Å²) in [6, 6.07) is 13.1. The van der Waals surface area contributed by atoms with E-state index in [0.29, 0.717) is 16.1 Å². The van der Waals surface area contributed by atoms with Gasteiger partial charge in [-0.25, -0.2) is 10.2 Å². The van der Waals surface area contributed by atoms with E-state index in [1.54, 1.807) is 48.5 Å². The average molecular weight is 317 g/mol. The van der Waals surface area contributed by atoms with Crippen LogP contribution in [0.4, 0.5) is 0 Å². The standard InChI is InChI=1S/C16H13ClN2O3/c1-22-16(21)13-4-2-11(3-5-13)10-18-19-15(20)12-6-8-14(17)9-7-12/h2-10H,1H3,(H,19,20)/b18-10+. The molecule has 0 radical (unpaired) electrons. The number of methoxy groups -OCH3 is 1. The maximum Gasteiger partial charge on any atom is 0.337 e. The number of esters is 1. The van der Waals surface area contributed by atoms with Crippen molar-refractivity contribution in [3.63, 3.8) is 0 Å². The van der Waals surface area contributed by atoms with E-state index in [-0.39, 0.29) is 5.91 Å². The number of hydrogen-bond donors (Lipinski definition) is 1. The molecule has 0 saturated heterocycles. The number of hydrogen-bond acceptors (Lipinski definition) is 4. The lowest BCUT2D eigenvalue weighted by Gasteiger charge is -2.00. The van der Waals surface area contributed by atoms with Crippen molar-refractivity contribution in [2.24, 2.45) is 5.10 Å². The molecule has 22 heavy (non-hydrogen) atoms. The van der Waals surface area contributed by atoms with Crippen molar-refractivity contribution >= 4 is 29.7 Å². The van der Waals surface area contributed by atoms with Gasteiger partial charge in [0.1, 0.15) is 0 Å². The molecule has 1 N–H and O–H groups in total. The highest BCUT2D eigenvalue weighted by atomic mass is 35.5. The number of hydrazone groups is 1. The summed E-state index contributed by atoms with van der Waals surface area (Å²) in [5.74, 6) is -0.737. The molecule has 0 saturated carbocycles. The van der Waals surface area contributed by atoms with E-state index in [0.717, 1.165) is 5.56 Å². The quantitative estimate of drug-likeness (QED) is 0.536. The van der Waals surface area contributed by atoms with Crippen LogP contribution in [0.2, 0.25) is 5.02 Å². The Hall–Kier alpha value is -2.66. The Bertz CT molecular complexity index is 694. The van der Waals surface area contributed by atoms with Gasteiger partial charge in [0, 0.05) is 10.6 Å². The number of carbonyl (C=O) groups excluding carboxylic acids is 2. The van der Waals surface area contributed by atoms with Crippen molar-refractivity contribution in [2.75, 3.05) is 7.11 Å². The summed E-state index contributed by atoms with van der Waals surface area (Å²) in [7, 11) is 1.32. The third-order valence-corrected chi connectivity index (χ3v) is 3.07. The monoisotopic (exact) mass is 316 g/mol. The average Bonchev–Trinajstić information content (AvgIpc) is 2.55. The fourth-order valence-electron chi connectivity index (χ4n) is 1.65. The maximum absolute atomic E-state index is 11.8. The van der Waals surface area contributed by atoms with Gasteiger partial charge in [0.15, 0.2) is 0 Å². The molecule has 0 unspecified atom stereocenters. The fourth-order valence-corrected chi connectivity index (χ4v) is 1.78. The van der Waals surface area contributed by atoms with Crippen molar-refractivity contribution in [1.29, 1.82) is 0 Å². The molecule has 0 aromatic heterocycles. The number of halogens is 1. The Balaban J connectivity index is 1.96. The molecule has 0 aliphatic rings. The third kappa shape index (κ3) is 4.17. The van der Waals surface area contributed by atoms with Gasteiger partial charge in [0.05, 0.1) is 18.9 Å². The molecule has 0 fully saturated rings. The van der Waals surface area contributed by atoms with E-state index in [9.17, 15) is 9.59 Å². The van der Waals surface area contributed by atoms with Gasteiger partial charge in [0.2, 0.25) is 0 Å². The van der Waals surface area contributed by atoms with Crippen LogP contribution >= 0.6 is 11.6 Å². The number of nitrogens with zero attached hydrogens (tertiary/aromatic N) is 1. The van der Waals surface area contributed by atoms with Crippen LogP contribution in [0.3, 0.4) is 0 Å². The Morgan fingerprint density at radius 1 is 1.05 bits per heavy atom. The van der Waals surface area contributed by atoms with Crippen molar-refractivity contribution in [1.82, 2.24) is 5.43 Å². The molecule has 0 aliphatic heterocycles. The molecule has 112 valence electrons. The second-order valence-electron chi connectivity index (χ2n) is 4.32. The van der Waals surface area contributed by atoms with Crippen LogP contribution in [0.1, 0.15) is 26.3 Å². The van der Waals surface area contributed by atoms with E-state index >= 15 is 0 Å². The molecular weight excluding hydrogens is 304 g/mol. The predicted molar refractivity (Wildman–Crippen MR) is 84.3 cm³/mol. The lowest BCUT2D eigenvalue weighted by molar-refractivity contribution is 0.0600. The van der Waals surface area contributed by atoms with E-state index in [4.69, 9.17) is 11.6 Å². The number of rotatable bonds is 4. The molecule has 1 amide bonds. The van der Waals surface area contributed by atoms with Gasteiger partial charge in [-0.05, 0) is 42.0 Å². The molecule has 2 aromatic carbocycles. The van der Waals surface area contributed by atoms with E-state index in [1.807, 2.05) is 0 Å². The van der Waals surface area contributed by atoms with Crippen LogP contribution in [0.5, 0.6) is 0 Å². The second-order valence-corrected chi connectivity index (χ2v) is 4.76. The first-order valence-electron chi connectivity index (χ1n) is 6.37. The van der Waals surface area contributed by atoms with Gasteiger partial charge in [-0.2, -0.15) is 5.10 Å². The first-order valence-corrected chi connectivity index (χ1v) is 6.75. The van der Waals surface area contributed by atoms with Crippen molar-refractivity contribution in [3.05, 3.63) is 70.2 Å². The molecule has 2 rings (SSSR count). The molecule has 0 aliphatic carbocycles. The summed E-state index contributed by atoms with van der Waals surface area (Å²) < 4.78 is 4.61. The van der Waals surface area contributed by atoms with Crippen LogP contribution in [0.15, 0.2) is 53.6 Å². The van der Waals surface area contributed by atoms with Crippen molar-refractivity contribution in [3.8, 4) is 0 Å². The fraction of sp³-hybridized carbons (Fsp3) is 0.0625. The topological polar surface area (TPSA) is 67.8 Å². The van der Waals surface area contributed by atoms with Gasteiger partial charge in [-0.3, -0.25) is 4.79 Å². The number of carbonyl (C=O) groups is 2. The summed E-state index contributed by atoms with van der Waals surface area (Å²) in [5.41, 5.74) is 4.06. The van der Waals surface area contributed by atoms with Crippen molar-refractivity contribution < 1.29 is 14.3 Å². The van der Waals surface area contributed by atoms with Crippen LogP contribution < -0.4 is 5.43 Å². The van der Waals surface area contributed by atoms with Crippen LogP contribution in [0.25, 0.3) is 0 Å². The molecule has 6 heteroatoms. The number of nitrogens with one attached hydrogen (secondary N) is 1. The Morgan fingerprint density at radius 2 is 1.64 bits per heavy atom. The minimum absolute atomic E-state index is 0.334. The highest BCUT2D eigenvalue weighted by Crippen LogP contribution is 2.09. The van der Waals surface area contributed by atoms with Gasteiger partial charge >= 0.3 is 5.97 Å². The molecule has 0 spiro atoms. The molecule has 0 bridgehead atoms. The van der Waals surface area contributed by atoms with Crippen LogP contribution in [0, 0.1) is 0 Å². The van der Waals surface area contributed by atoms with E-state index in [2.05, 4.69) is 15.3 Å². The van der Waals surface area contributed by atoms with Crippen LogP contribution in [-0.4, -0.2) is 25.2 Å². The normalized spacial score (nSPS) is 10.5. The number of benzene rings is 2. The van der Waals surface area contributed by atoms with Gasteiger partial charge in [-0.15, -0.1) is 0 Å².